The van der Waals surface area contributed by atoms with Crippen LogP contribution in [0.15, 0.2) is 6.20 Å². The third kappa shape index (κ3) is 2.72. The molecule has 0 aromatic carbocycles. The highest BCUT2D eigenvalue weighted by Crippen LogP contribution is 2.26. The molecule has 0 saturated carbocycles. The standard InChI is InChI=1S/C14H22N6S/c1-9-10(2)21-6-5-20(9)8-12-17-13(15-3)11-7-16-19(4)14(11)18-12/h7,9-10H,5-6,8H2,1-4H3,(H,15,17,18). The average molecular weight is 306 g/mol. The van der Waals surface area contributed by atoms with Crippen molar-refractivity contribution in [1.82, 2.24) is 24.6 Å². The molecular formula is C14H22N6S. The lowest BCUT2D eigenvalue weighted by atomic mass is 10.2. The molecule has 7 heteroatoms. The van der Waals surface area contributed by atoms with Crippen LogP contribution in [0.2, 0.25) is 0 Å². The summed E-state index contributed by atoms with van der Waals surface area (Å²) in [7, 11) is 3.81. The van der Waals surface area contributed by atoms with Gasteiger partial charge in [0, 0.05) is 37.7 Å². The quantitative estimate of drug-likeness (QED) is 0.932. The highest BCUT2D eigenvalue weighted by atomic mass is 32.2. The monoisotopic (exact) mass is 306 g/mol. The van der Waals surface area contributed by atoms with Crippen molar-refractivity contribution in [2.45, 2.75) is 31.7 Å². The summed E-state index contributed by atoms with van der Waals surface area (Å²) >= 11 is 2.05. The van der Waals surface area contributed by atoms with Gasteiger partial charge in [-0.15, -0.1) is 0 Å². The van der Waals surface area contributed by atoms with Gasteiger partial charge in [-0.2, -0.15) is 16.9 Å². The predicted octanol–water partition coefficient (Wildman–Crippen LogP) is 1.73. The highest BCUT2D eigenvalue weighted by Gasteiger charge is 2.26. The number of thioether (sulfide) groups is 1. The number of fused-ring (bicyclic) bond motifs is 1. The Bertz CT molecular complexity index is 640. The Morgan fingerprint density at radius 2 is 2.19 bits per heavy atom. The van der Waals surface area contributed by atoms with Crippen LogP contribution in [-0.2, 0) is 13.6 Å². The highest BCUT2D eigenvalue weighted by molar-refractivity contribution is 8.00. The van der Waals surface area contributed by atoms with Crippen molar-refractivity contribution < 1.29 is 0 Å². The van der Waals surface area contributed by atoms with E-state index in [1.54, 1.807) is 4.68 Å². The molecule has 0 amide bonds. The molecule has 114 valence electrons. The molecule has 0 aliphatic carbocycles. The van der Waals surface area contributed by atoms with E-state index >= 15 is 0 Å². The van der Waals surface area contributed by atoms with E-state index in [9.17, 15) is 0 Å². The van der Waals surface area contributed by atoms with Crippen molar-refractivity contribution in [3.8, 4) is 0 Å². The molecule has 2 unspecified atom stereocenters. The van der Waals surface area contributed by atoms with Gasteiger partial charge < -0.3 is 5.32 Å². The van der Waals surface area contributed by atoms with Gasteiger partial charge in [-0.05, 0) is 6.92 Å². The molecule has 2 aromatic rings. The Balaban J connectivity index is 1.91. The molecule has 1 N–H and O–H groups in total. The normalized spacial score (nSPS) is 23.6. The Morgan fingerprint density at radius 3 is 2.95 bits per heavy atom. The second-order valence-corrected chi connectivity index (χ2v) is 7.02. The topological polar surface area (TPSA) is 58.9 Å². The third-order valence-corrected chi connectivity index (χ3v) is 5.57. The Morgan fingerprint density at radius 1 is 1.38 bits per heavy atom. The van der Waals surface area contributed by atoms with E-state index in [1.807, 2.05) is 32.1 Å². The van der Waals surface area contributed by atoms with Crippen LogP contribution in [0.1, 0.15) is 19.7 Å². The molecule has 3 rings (SSSR count). The molecule has 21 heavy (non-hydrogen) atoms. The third-order valence-electron chi connectivity index (χ3n) is 4.23. The number of aromatic nitrogens is 4. The minimum absolute atomic E-state index is 0.549. The van der Waals surface area contributed by atoms with Crippen molar-refractivity contribution in [1.29, 1.82) is 0 Å². The zero-order chi connectivity index (χ0) is 15.0. The van der Waals surface area contributed by atoms with Crippen LogP contribution in [0.4, 0.5) is 5.82 Å². The van der Waals surface area contributed by atoms with Gasteiger partial charge in [0.2, 0.25) is 0 Å². The van der Waals surface area contributed by atoms with Crippen LogP contribution in [0.25, 0.3) is 11.0 Å². The summed E-state index contributed by atoms with van der Waals surface area (Å²) < 4.78 is 1.81. The summed E-state index contributed by atoms with van der Waals surface area (Å²) in [5.74, 6) is 2.90. The fourth-order valence-corrected chi connectivity index (χ4v) is 3.89. The average Bonchev–Trinajstić information content (AvgIpc) is 2.85. The first-order chi connectivity index (χ1) is 10.1. The molecule has 2 atom stereocenters. The molecule has 2 aromatic heterocycles. The van der Waals surface area contributed by atoms with Crippen molar-refractivity contribution >= 4 is 28.6 Å². The maximum Gasteiger partial charge on any atom is 0.163 e. The summed E-state index contributed by atoms with van der Waals surface area (Å²) in [6.07, 6.45) is 1.81. The predicted molar refractivity (Wildman–Crippen MR) is 87.6 cm³/mol. The zero-order valence-electron chi connectivity index (χ0n) is 13.0. The number of hydrogen-bond donors (Lipinski definition) is 1. The van der Waals surface area contributed by atoms with E-state index in [1.165, 1.54) is 5.75 Å². The summed E-state index contributed by atoms with van der Waals surface area (Å²) in [5.41, 5.74) is 0.886. The molecule has 6 nitrogen and oxygen atoms in total. The Kier molecular flexibility index (Phi) is 4.03. The zero-order valence-corrected chi connectivity index (χ0v) is 13.8. The van der Waals surface area contributed by atoms with Crippen LogP contribution in [0.5, 0.6) is 0 Å². The minimum Gasteiger partial charge on any atom is -0.372 e. The van der Waals surface area contributed by atoms with Crippen LogP contribution < -0.4 is 5.32 Å². The van der Waals surface area contributed by atoms with Crippen molar-refractivity contribution in [3.05, 3.63) is 12.0 Å². The SMILES string of the molecule is CNc1nc(CN2CCSC(C)C2C)nc2c1cnn2C. The Labute approximate surface area is 129 Å². The molecule has 1 aliphatic rings. The van der Waals surface area contributed by atoms with E-state index in [0.717, 1.165) is 35.8 Å². The second-order valence-electron chi connectivity index (χ2n) is 5.53. The number of hydrogen-bond acceptors (Lipinski definition) is 6. The molecule has 0 bridgehead atoms. The number of aryl methyl sites for hydroxylation is 1. The number of nitrogens with zero attached hydrogens (tertiary/aromatic N) is 5. The van der Waals surface area contributed by atoms with Crippen LogP contribution in [-0.4, -0.2) is 55.3 Å². The molecule has 1 saturated heterocycles. The maximum absolute atomic E-state index is 4.70. The van der Waals surface area contributed by atoms with Crippen molar-refractivity contribution in [3.63, 3.8) is 0 Å². The van der Waals surface area contributed by atoms with E-state index in [2.05, 4.69) is 34.1 Å². The van der Waals surface area contributed by atoms with Crippen LogP contribution in [0.3, 0.4) is 0 Å². The number of rotatable bonds is 3. The molecule has 0 radical (unpaired) electrons. The van der Waals surface area contributed by atoms with Gasteiger partial charge >= 0.3 is 0 Å². The first-order valence-electron chi connectivity index (χ1n) is 7.32. The molecule has 1 fully saturated rings. The van der Waals surface area contributed by atoms with Crippen LogP contribution in [0, 0.1) is 0 Å². The first kappa shape index (κ1) is 14.6. The van der Waals surface area contributed by atoms with Gasteiger partial charge in [0.25, 0.3) is 0 Å². The lowest BCUT2D eigenvalue weighted by Crippen LogP contribution is -2.44. The minimum atomic E-state index is 0.549. The Hall–Kier alpha value is -1.34. The van der Waals surface area contributed by atoms with E-state index in [0.29, 0.717) is 11.3 Å². The van der Waals surface area contributed by atoms with E-state index in [4.69, 9.17) is 4.98 Å². The smallest absolute Gasteiger partial charge is 0.163 e. The van der Waals surface area contributed by atoms with Gasteiger partial charge in [0.05, 0.1) is 18.1 Å². The van der Waals surface area contributed by atoms with Gasteiger partial charge in [0.15, 0.2) is 5.65 Å². The number of anilines is 1. The lowest BCUT2D eigenvalue weighted by Gasteiger charge is -2.36. The largest absolute Gasteiger partial charge is 0.372 e. The van der Waals surface area contributed by atoms with Gasteiger partial charge in [0.1, 0.15) is 11.6 Å². The molecular weight excluding hydrogens is 284 g/mol. The van der Waals surface area contributed by atoms with E-state index < -0.39 is 0 Å². The van der Waals surface area contributed by atoms with Gasteiger partial charge in [-0.3, -0.25) is 9.58 Å². The summed E-state index contributed by atoms with van der Waals surface area (Å²) in [5, 5.41) is 9.06. The van der Waals surface area contributed by atoms with Gasteiger partial charge in [-0.1, -0.05) is 6.92 Å². The molecule has 1 aliphatic heterocycles. The van der Waals surface area contributed by atoms with E-state index in [-0.39, 0.29) is 0 Å². The fraction of sp³-hybridized carbons (Fsp3) is 0.643. The van der Waals surface area contributed by atoms with Gasteiger partial charge in [-0.25, -0.2) is 9.97 Å². The first-order valence-corrected chi connectivity index (χ1v) is 8.37. The summed E-state index contributed by atoms with van der Waals surface area (Å²) in [4.78, 5) is 11.8. The lowest BCUT2D eigenvalue weighted by molar-refractivity contribution is 0.199. The summed E-state index contributed by atoms with van der Waals surface area (Å²) in [6, 6.07) is 0.549. The number of nitrogens with one attached hydrogen (secondary N) is 1. The molecule has 0 spiro atoms. The summed E-state index contributed by atoms with van der Waals surface area (Å²) in [6.45, 7) is 6.48. The maximum atomic E-state index is 4.70. The van der Waals surface area contributed by atoms with Crippen LogP contribution >= 0.6 is 11.8 Å². The van der Waals surface area contributed by atoms with Crippen molar-refractivity contribution in [2.75, 3.05) is 24.7 Å². The second kappa shape index (κ2) is 5.81. The fourth-order valence-electron chi connectivity index (χ4n) is 2.73. The van der Waals surface area contributed by atoms with Crippen molar-refractivity contribution in [2.24, 2.45) is 7.05 Å². The molecule has 3 heterocycles.